The Balaban J connectivity index is 2.99. The van der Waals surface area contributed by atoms with Crippen LogP contribution in [-0.2, 0) is 0 Å². The lowest BCUT2D eigenvalue weighted by molar-refractivity contribution is -0.380. The SMILES string of the molecule is C=C(O)c1ccc([N+](=O)[O-])s1. The van der Waals surface area contributed by atoms with Crippen molar-refractivity contribution in [2.75, 3.05) is 0 Å². The van der Waals surface area contributed by atoms with E-state index < -0.39 is 4.92 Å². The van der Waals surface area contributed by atoms with Crippen LogP contribution < -0.4 is 0 Å². The lowest BCUT2D eigenvalue weighted by atomic mass is 10.4. The van der Waals surface area contributed by atoms with Crippen LogP contribution in [-0.4, -0.2) is 10.0 Å². The van der Waals surface area contributed by atoms with Gasteiger partial charge in [0.1, 0.15) is 5.76 Å². The second-order valence-electron chi connectivity index (χ2n) is 1.84. The average molecular weight is 171 g/mol. The minimum atomic E-state index is -0.503. The van der Waals surface area contributed by atoms with E-state index in [0.29, 0.717) is 4.88 Å². The van der Waals surface area contributed by atoms with Crippen LogP contribution in [0.2, 0.25) is 0 Å². The zero-order chi connectivity index (χ0) is 8.43. The number of nitrogens with zero attached hydrogens (tertiary/aromatic N) is 1. The topological polar surface area (TPSA) is 63.4 Å². The van der Waals surface area contributed by atoms with Crippen LogP contribution in [0.4, 0.5) is 5.00 Å². The summed E-state index contributed by atoms with van der Waals surface area (Å²) in [5.74, 6) is -0.136. The van der Waals surface area contributed by atoms with Gasteiger partial charge in [0, 0.05) is 6.07 Å². The molecule has 0 saturated carbocycles. The molecule has 11 heavy (non-hydrogen) atoms. The molecule has 58 valence electrons. The van der Waals surface area contributed by atoms with E-state index in [1.165, 1.54) is 12.1 Å². The number of aliphatic hydroxyl groups excluding tert-OH is 1. The molecule has 4 nitrogen and oxygen atoms in total. The van der Waals surface area contributed by atoms with Crippen molar-refractivity contribution in [3.63, 3.8) is 0 Å². The number of aliphatic hydroxyl groups is 1. The summed E-state index contributed by atoms with van der Waals surface area (Å²) in [4.78, 5) is 10.1. The van der Waals surface area contributed by atoms with Crippen LogP contribution in [0.15, 0.2) is 18.7 Å². The summed E-state index contributed by atoms with van der Waals surface area (Å²) < 4.78 is 0. The summed E-state index contributed by atoms with van der Waals surface area (Å²) in [5, 5.41) is 19.0. The van der Waals surface area contributed by atoms with Gasteiger partial charge in [-0.3, -0.25) is 10.1 Å². The molecule has 1 aromatic rings. The number of thiophene rings is 1. The Kier molecular flexibility index (Phi) is 1.91. The van der Waals surface area contributed by atoms with Gasteiger partial charge in [0.2, 0.25) is 0 Å². The summed E-state index contributed by atoms with van der Waals surface area (Å²) in [6.07, 6.45) is 0. The number of nitro groups is 1. The third kappa shape index (κ3) is 1.56. The molecule has 0 unspecified atom stereocenters. The predicted molar refractivity (Wildman–Crippen MR) is 42.6 cm³/mol. The van der Waals surface area contributed by atoms with E-state index in [1.807, 2.05) is 0 Å². The van der Waals surface area contributed by atoms with Crippen molar-refractivity contribution >= 4 is 22.1 Å². The smallest absolute Gasteiger partial charge is 0.324 e. The summed E-state index contributed by atoms with van der Waals surface area (Å²) in [5.41, 5.74) is 0. The molecule has 1 aromatic heterocycles. The third-order valence-corrected chi connectivity index (χ3v) is 2.14. The lowest BCUT2D eigenvalue weighted by Crippen LogP contribution is -1.80. The zero-order valence-corrected chi connectivity index (χ0v) is 6.30. The molecule has 0 saturated heterocycles. The Morgan fingerprint density at radius 3 is 2.64 bits per heavy atom. The minimum Gasteiger partial charge on any atom is -0.507 e. The molecule has 0 fully saturated rings. The normalized spacial score (nSPS) is 9.45. The lowest BCUT2D eigenvalue weighted by Gasteiger charge is -1.86. The first-order chi connectivity index (χ1) is 5.11. The highest BCUT2D eigenvalue weighted by Crippen LogP contribution is 2.27. The van der Waals surface area contributed by atoms with Crippen LogP contribution in [0.5, 0.6) is 0 Å². The molecule has 1 rings (SSSR count). The monoisotopic (exact) mass is 171 g/mol. The van der Waals surface area contributed by atoms with Gasteiger partial charge in [-0.15, -0.1) is 0 Å². The molecule has 0 amide bonds. The van der Waals surface area contributed by atoms with Gasteiger partial charge in [-0.2, -0.15) is 0 Å². The number of hydrogen-bond acceptors (Lipinski definition) is 4. The first-order valence-corrected chi connectivity index (χ1v) is 3.55. The Bertz CT molecular complexity index is 276. The van der Waals surface area contributed by atoms with Gasteiger partial charge in [-0.25, -0.2) is 0 Å². The van der Waals surface area contributed by atoms with E-state index in [2.05, 4.69) is 6.58 Å². The molecule has 0 bridgehead atoms. The molecule has 0 aromatic carbocycles. The maximum absolute atomic E-state index is 10.1. The Morgan fingerprint density at radius 2 is 2.36 bits per heavy atom. The molecule has 1 heterocycles. The van der Waals surface area contributed by atoms with Crippen LogP contribution in [0, 0.1) is 10.1 Å². The molecular weight excluding hydrogens is 166 g/mol. The average Bonchev–Trinajstić information content (AvgIpc) is 2.33. The van der Waals surface area contributed by atoms with E-state index in [-0.39, 0.29) is 10.8 Å². The fraction of sp³-hybridized carbons (Fsp3) is 0. The quantitative estimate of drug-likeness (QED) is 0.421. The highest BCUT2D eigenvalue weighted by molar-refractivity contribution is 7.16. The predicted octanol–water partition coefficient (Wildman–Crippen LogP) is 2.19. The number of rotatable bonds is 2. The second-order valence-corrected chi connectivity index (χ2v) is 2.90. The molecule has 0 atom stereocenters. The van der Waals surface area contributed by atoms with Gasteiger partial charge in [-0.05, 0) is 6.07 Å². The molecule has 0 aliphatic rings. The van der Waals surface area contributed by atoms with Crippen molar-refractivity contribution in [2.45, 2.75) is 0 Å². The van der Waals surface area contributed by atoms with Crippen molar-refractivity contribution in [3.05, 3.63) is 33.7 Å². The van der Waals surface area contributed by atoms with Crippen LogP contribution in [0.1, 0.15) is 4.88 Å². The molecule has 5 heteroatoms. The summed E-state index contributed by atoms with van der Waals surface area (Å²) >= 11 is 0.900. The van der Waals surface area contributed by atoms with Crippen molar-refractivity contribution in [1.82, 2.24) is 0 Å². The molecule has 0 spiro atoms. The van der Waals surface area contributed by atoms with Crippen molar-refractivity contribution in [2.24, 2.45) is 0 Å². The molecule has 0 aliphatic carbocycles. The van der Waals surface area contributed by atoms with Crippen LogP contribution in [0.3, 0.4) is 0 Å². The third-order valence-electron chi connectivity index (χ3n) is 1.06. The van der Waals surface area contributed by atoms with Gasteiger partial charge in [0.05, 0.1) is 9.80 Å². The summed E-state index contributed by atoms with van der Waals surface area (Å²) in [6, 6.07) is 2.80. The van der Waals surface area contributed by atoms with E-state index in [4.69, 9.17) is 5.11 Å². The van der Waals surface area contributed by atoms with Gasteiger partial charge in [-0.1, -0.05) is 17.9 Å². The molecule has 1 N–H and O–H groups in total. The minimum absolute atomic E-state index is 0.00944. The zero-order valence-electron chi connectivity index (χ0n) is 5.48. The maximum Gasteiger partial charge on any atom is 0.324 e. The Morgan fingerprint density at radius 1 is 1.73 bits per heavy atom. The van der Waals surface area contributed by atoms with E-state index in [1.54, 1.807) is 0 Å². The van der Waals surface area contributed by atoms with E-state index >= 15 is 0 Å². The van der Waals surface area contributed by atoms with Gasteiger partial charge >= 0.3 is 5.00 Å². The summed E-state index contributed by atoms with van der Waals surface area (Å²) in [6.45, 7) is 3.24. The fourth-order valence-electron chi connectivity index (χ4n) is 0.581. The first kappa shape index (κ1) is 7.74. The van der Waals surface area contributed by atoms with E-state index in [9.17, 15) is 10.1 Å². The first-order valence-electron chi connectivity index (χ1n) is 2.73. The Hall–Kier alpha value is -1.36. The van der Waals surface area contributed by atoms with E-state index in [0.717, 1.165) is 11.3 Å². The molecule has 0 radical (unpaired) electrons. The van der Waals surface area contributed by atoms with Gasteiger partial charge in [0.25, 0.3) is 0 Å². The highest BCUT2D eigenvalue weighted by Gasteiger charge is 2.10. The largest absolute Gasteiger partial charge is 0.507 e. The molecule has 0 aliphatic heterocycles. The van der Waals surface area contributed by atoms with Crippen molar-refractivity contribution in [3.8, 4) is 0 Å². The Labute approximate surface area is 66.6 Å². The van der Waals surface area contributed by atoms with Crippen molar-refractivity contribution < 1.29 is 10.0 Å². The summed E-state index contributed by atoms with van der Waals surface area (Å²) in [7, 11) is 0. The fourth-order valence-corrected chi connectivity index (χ4v) is 1.27. The van der Waals surface area contributed by atoms with Gasteiger partial charge in [0.15, 0.2) is 0 Å². The molecular formula is C6H5NO3S. The standard InChI is InChI=1S/C6H5NO3S/c1-4(8)5-2-3-6(11-5)7(9)10/h2-3,8H,1H2. The van der Waals surface area contributed by atoms with Crippen molar-refractivity contribution in [1.29, 1.82) is 0 Å². The number of hydrogen-bond donors (Lipinski definition) is 1. The second kappa shape index (κ2) is 2.71. The van der Waals surface area contributed by atoms with Crippen LogP contribution in [0.25, 0.3) is 5.76 Å². The maximum atomic E-state index is 10.1. The highest BCUT2D eigenvalue weighted by atomic mass is 32.1. The van der Waals surface area contributed by atoms with Crippen LogP contribution >= 0.6 is 11.3 Å². The van der Waals surface area contributed by atoms with Gasteiger partial charge < -0.3 is 5.11 Å².